The first kappa shape index (κ1) is 12.6. The van der Waals surface area contributed by atoms with Crippen LogP contribution in [0.15, 0.2) is 24.3 Å². The Bertz CT molecular complexity index is 478. The lowest BCUT2D eigenvalue weighted by Gasteiger charge is -2.23. The minimum Gasteiger partial charge on any atom is -0.310 e. The predicted molar refractivity (Wildman–Crippen MR) is 72.9 cm³/mol. The van der Waals surface area contributed by atoms with Gasteiger partial charge in [0.05, 0.1) is 4.92 Å². The number of likely N-dealkylation sites (tertiary alicyclic amines) is 1. The lowest BCUT2D eigenvalue weighted by atomic mass is 10.1. The fraction of sp³-hybridized carbons (Fsp3) is 0.571. The van der Waals surface area contributed by atoms with Gasteiger partial charge in [-0.2, -0.15) is 0 Å². The second-order valence-corrected chi connectivity index (χ2v) is 5.59. The molecule has 2 fully saturated rings. The van der Waals surface area contributed by atoms with Crippen molar-refractivity contribution in [1.82, 2.24) is 10.2 Å². The lowest BCUT2D eigenvalue weighted by Crippen LogP contribution is -2.34. The Morgan fingerprint density at radius 3 is 3.00 bits per heavy atom. The first-order valence-corrected chi connectivity index (χ1v) is 6.92. The third kappa shape index (κ3) is 2.93. The number of non-ortho nitro benzene ring substituents is 1. The molecule has 2 unspecified atom stereocenters. The maximum Gasteiger partial charge on any atom is 0.269 e. The monoisotopic (exact) mass is 261 g/mol. The van der Waals surface area contributed by atoms with Crippen LogP contribution in [0, 0.1) is 10.1 Å². The molecule has 1 aromatic carbocycles. The molecule has 0 spiro atoms. The molecule has 0 amide bonds. The maximum atomic E-state index is 10.8. The van der Waals surface area contributed by atoms with Gasteiger partial charge in [-0.3, -0.25) is 15.0 Å². The van der Waals surface area contributed by atoms with Crippen molar-refractivity contribution in [3.8, 4) is 0 Å². The molecule has 0 saturated carbocycles. The number of benzene rings is 1. The maximum absolute atomic E-state index is 10.8. The first-order valence-electron chi connectivity index (χ1n) is 6.92. The van der Waals surface area contributed by atoms with E-state index < -0.39 is 0 Å². The third-order valence-electron chi connectivity index (χ3n) is 4.13. The van der Waals surface area contributed by atoms with Crippen LogP contribution in [0.1, 0.15) is 24.8 Å². The van der Waals surface area contributed by atoms with Crippen molar-refractivity contribution in [2.24, 2.45) is 0 Å². The van der Waals surface area contributed by atoms with Crippen LogP contribution in [0.4, 0.5) is 5.69 Å². The number of nitro groups is 1. The number of fused-ring (bicyclic) bond motifs is 2. The van der Waals surface area contributed by atoms with E-state index in [9.17, 15) is 10.1 Å². The van der Waals surface area contributed by atoms with Crippen LogP contribution < -0.4 is 5.32 Å². The molecule has 19 heavy (non-hydrogen) atoms. The lowest BCUT2D eigenvalue weighted by molar-refractivity contribution is -0.384. The highest BCUT2D eigenvalue weighted by molar-refractivity contribution is 5.34. The highest BCUT2D eigenvalue weighted by Crippen LogP contribution is 2.22. The van der Waals surface area contributed by atoms with Gasteiger partial charge in [-0.05, 0) is 24.8 Å². The number of nitrogens with zero attached hydrogens (tertiary/aromatic N) is 2. The highest BCUT2D eigenvalue weighted by Gasteiger charge is 2.29. The van der Waals surface area contributed by atoms with Crippen molar-refractivity contribution in [3.63, 3.8) is 0 Å². The van der Waals surface area contributed by atoms with Gasteiger partial charge in [-0.25, -0.2) is 0 Å². The number of rotatable bonds is 3. The molecule has 0 aliphatic carbocycles. The van der Waals surface area contributed by atoms with Crippen molar-refractivity contribution in [1.29, 1.82) is 0 Å². The van der Waals surface area contributed by atoms with Gasteiger partial charge in [0.15, 0.2) is 0 Å². The summed E-state index contributed by atoms with van der Waals surface area (Å²) >= 11 is 0. The molecule has 2 heterocycles. The Hall–Kier alpha value is -1.46. The van der Waals surface area contributed by atoms with E-state index in [2.05, 4.69) is 10.2 Å². The molecule has 0 aromatic heterocycles. The van der Waals surface area contributed by atoms with Crippen LogP contribution in [0.2, 0.25) is 0 Å². The average Bonchev–Trinajstić information content (AvgIpc) is 2.73. The number of nitro benzene ring substituents is 1. The topological polar surface area (TPSA) is 58.4 Å². The van der Waals surface area contributed by atoms with Gasteiger partial charge in [-0.15, -0.1) is 0 Å². The Morgan fingerprint density at radius 1 is 1.32 bits per heavy atom. The van der Waals surface area contributed by atoms with E-state index in [4.69, 9.17) is 0 Å². The van der Waals surface area contributed by atoms with Gasteiger partial charge >= 0.3 is 0 Å². The molecule has 2 aliphatic heterocycles. The third-order valence-corrected chi connectivity index (χ3v) is 4.13. The Morgan fingerprint density at radius 2 is 2.16 bits per heavy atom. The summed E-state index contributed by atoms with van der Waals surface area (Å²) < 4.78 is 0. The molecule has 2 aliphatic rings. The fourth-order valence-electron chi connectivity index (χ4n) is 3.19. The van der Waals surface area contributed by atoms with Gasteiger partial charge in [0, 0.05) is 43.9 Å². The molecule has 0 radical (unpaired) electrons. The normalized spacial score (nSPS) is 27.2. The molecule has 5 nitrogen and oxygen atoms in total. The van der Waals surface area contributed by atoms with E-state index in [-0.39, 0.29) is 10.6 Å². The molecule has 2 bridgehead atoms. The molecular formula is C14H19N3O2. The second-order valence-electron chi connectivity index (χ2n) is 5.59. The van der Waals surface area contributed by atoms with E-state index in [0.29, 0.717) is 12.1 Å². The number of hydrogen-bond donors (Lipinski definition) is 1. The Kier molecular flexibility index (Phi) is 3.48. The van der Waals surface area contributed by atoms with Gasteiger partial charge in [0.25, 0.3) is 5.69 Å². The largest absolute Gasteiger partial charge is 0.310 e. The van der Waals surface area contributed by atoms with E-state index in [0.717, 1.165) is 25.2 Å². The number of nitrogens with one attached hydrogen (secondary N) is 1. The van der Waals surface area contributed by atoms with Crippen LogP contribution in [-0.2, 0) is 6.54 Å². The zero-order valence-electron chi connectivity index (χ0n) is 10.9. The summed E-state index contributed by atoms with van der Waals surface area (Å²) in [6.45, 7) is 2.95. The van der Waals surface area contributed by atoms with Crippen LogP contribution in [0.3, 0.4) is 0 Å². The quantitative estimate of drug-likeness (QED) is 0.667. The van der Waals surface area contributed by atoms with E-state index >= 15 is 0 Å². The summed E-state index contributed by atoms with van der Waals surface area (Å²) in [6.07, 6.45) is 3.75. The molecule has 1 N–H and O–H groups in total. The summed E-state index contributed by atoms with van der Waals surface area (Å²) in [6, 6.07) is 8.27. The minimum absolute atomic E-state index is 0.187. The van der Waals surface area contributed by atoms with Crippen molar-refractivity contribution in [3.05, 3.63) is 39.9 Å². The zero-order chi connectivity index (χ0) is 13.2. The smallest absolute Gasteiger partial charge is 0.269 e. The molecule has 2 atom stereocenters. The van der Waals surface area contributed by atoms with Crippen molar-refractivity contribution >= 4 is 5.69 Å². The Balaban J connectivity index is 1.67. The van der Waals surface area contributed by atoms with Crippen LogP contribution in [0.5, 0.6) is 0 Å². The molecular weight excluding hydrogens is 242 g/mol. The van der Waals surface area contributed by atoms with E-state index in [1.54, 1.807) is 18.2 Å². The molecule has 102 valence electrons. The molecule has 3 rings (SSSR count). The Labute approximate surface area is 112 Å². The zero-order valence-corrected chi connectivity index (χ0v) is 10.9. The van der Waals surface area contributed by atoms with E-state index in [1.807, 2.05) is 6.07 Å². The highest BCUT2D eigenvalue weighted by atomic mass is 16.6. The van der Waals surface area contributed by atoms with Crippen molar-refractivity contribution < 1.29 is 4.92 Å². The van der Waals surface area contributed by atoms with Crippen LogP contribution >= 0.6 is 0 Å². The molecule has 5 heteroatoms. The standard InChI is InChI=1S/C14H19N3O2/c18-17(19)14-3-1-2-11(8-14)9-16-7-6-12-4-5-13(10-16)15-12/h1-3,8,12-13,15H,4-7,9-10H2. The van der Waals surface area contributed by atoms with Gasteiger partial charge < -0.3 is 5.32 Å². The summed E-state index contributed by atoms with van der Waals surface area (Å²) in [5.41, 5.74) is 1.22. The van der Waals surface area contributed by atoms with Crippen LogP contribution in [-0.4, -0.2) is 35.0 Å². The van der Waals surface area contributed by atoms with Gasteiger partial charge in [-0.1, -0.05) is 12.1 Å². The SMILES string of the molecule is O=[N+]([O-])c1cccc(CN2CCC3CCC(C2)N3)c1. The minimum atomic E-state index is -0.324. The summed E-state index contributed by atoms with van der Waals surface area (Å²) in [5.74, 6) is 0. The fourth-order valence-corrected chi connectivity index (χ4v) is 3.19. The van der Waals surface area contributed by atoms with Crippen molar-refractivity contribution in [2.45, 2.75) is 37.9 Å². The molecule has 2 saturated heterocycles. The first-order chi connectivity index (χ1) is 9.20. The van der Waals surface area contributed by atoms with E-state index in [1.165, 1.54) is 19.3 Å². The van der Waals surface area contributed by atoms with Gasteiger partial charge in [0.1, 0.15) is 0 Å². The van der Waals surface area contributed by atoms with Crippen LogP contribution in [0.25, 0.3) is 0 Å². The summed E-state index contributed by atoms with van der Waals surface area (Å²) in [5, 5.41) is 14.4. The second kappa shape index (κ2) is 5.27. The average molecular weight is 261 g/mol. The summed E-state index contributed by atoms with van der Waals surface area (Å²) in [7, 11) is 0. The number of hydrogen-bond acceptors (Lipinski definition) is 4. The van der Waals surface area contributed by atoms with Crippen molar-refractivity contribution in [2.75, 3.05) is 13.1 Å². The molecule has 1 aromatic rings. The van der Waals surface area contributed by atoms with Gasteiger partial charge in [0.2, 0.25) is 0 Å². The predicted octanol–water partition coefficient (Wildman–Crippen LogP) is 1.92. The summed E-state index contributed by atoms with van der Waals surface area (Å²) in [4.78, 5) is 12.9.